The summed E-state index contributed by atoms with van der Waals surface area (Å²) in [7, 11) is 0. The molecule has 1 aliphatic rings. The first-order valence-corrected chi connectivity index (χ1v) is 6.52. The molecule has 88 valence electrons. The predicted octanol–water partition coefficient (Wildman–Crippen LogP) is 3.24. The molecule has 0 radical (unpaired) electrons. The van der Waals surface area contributed by atoms with Crippen LogP contribution in [0, 0.1) is 19.8 Å². The summed E-state index contributed by atoms with van der Waals surface area (Å²) >= 11 is 0. The lowest BCUT2D eigenvalue weighted by atomic mass is 9.90. The molecule has 0 bridgehead atoms. The van der Waals surface area contributed by atoms with E-state index in [1.54, 1.807) is 5.56 Å². The highest BCUT2D eigenvalue weighted by atomic mass is 14.8. The van der Waals surface area contributed by atoms with Crippen molar-refractivity contribution in [1.29, 1.82) is 0 Å². The van der Waals surface area contributed by atoms with E-state index < -0.39 is 0 Å². The lowest BCUT2D eigenvalue weighted by Crippen LogP contribution is -2.14. The topological polar surface area (TPSA) is 12.0 Å². The van der Waals surface area contributed by atoms with E-state index in [9.17, 15) is 0 Å². The Morgan fingerprint density at radius 3 is 2.94 bits per heavy atom. The van der Waals surface area contributed by atoms with Gasteiger partial charge in [-0.05, 0) is 69.7 Å². The van der Waals surface area contributed by atoms with Crippen LogP contribution in [-0.4, -0.2) is 13.1 Å². The SMILES string of the molecule is Cc1ccc(C)c(CC2CCCNCC2)c1. The van der Waals surface area contributed by atoms with Crippen LogP contribution in [0.1, 0.15) is 36.0 Å². The second kappa shape index (κ2) is 5.49. The van der Waals surface area contributed by atoms with Crippen LogP contribution < -0.4 is 5.32 Å². The number of hydrogen-bond donors (Lipinski definition) is 1. The van der Waals surface area contributed by atoms with Crippen LogP contribution in [0.4, 0.5) is 0 Å². The van der Waals surface area contributed by atoms with Gasteiger partial charge >= 0.3 is 0 Å². The highest BCUT2D eigenvalue weighted by Crippen LogP contribution is 2.21. The molecule has 0 aliphatic carbocycles. The first kappa shape index (κ1) is 11.7. The van der Waals surface area contributed by atoms with Crippen LogP contribution in [-0.2, 0) is 6.42 Å². The molecule has 16 heavy (non-hydrogen) atoms. The minimum atomic E-state index is 0.885. The number of hydrogen-bond acceptors (Lipinski definition) is 1. The maximum absolute atomic E-state index is 3.49. The van der Waals surface area contributed by atoms with Gasteiger partial charge in [0.15, 0.2) is 0 Å². The summed E-state index contributed by atoms with van der Waals surface area (Å²) in [6.07, 6.45) is 5.35. The molecule has 1 atom stereocenters. The van der Waals surface area contributed by atoms with Gasteiger partial charge < -0.3 is 5.32 Å². The summed E-state index contributed by atoms with van der Waals surface area (Å²) in [6, 6.07) is 6.85. The standard InChI is InChI=1S/C15H23N/c1-12-5-6-13(2)15(10-12)11-14-4-3-8-16-9-7-14/h5-6,10,14,16H,3-4,7-9,11H2,1-2H3. The van der Waals surface area contributed by atoms with Gasteiger partial charge in [-0.2, -0.15) is 0 Å². The van der Waals surface area contributed by atoms with Gasteiger partial charge in [0.1, 0.15) is 0 Å². The molecule has 1 unspecified atom stereocenters. The number of benzene rings is 1. The van der Waals surface area contributed by atoms with Gasteiger partial charge in [-0.1, -0.05) is 23.8 Å². The number of aryl methyl sites for hydroxylation is 2. The molecule has 0 saturated carbocycles. The van der Waals surface area contributed by atoms with E-state index in [1.165, 1.54) is 49.9 Å². The molecule has 1 fully saturated rings. The van der Waals surface area contributed by atoms with E-state index in [0.29, 0.717) is 0 Å². The average Bonchev–Trinajstić information content (AvgIpc) is 2.52. The smallest absolute Gasteiger partial charge is 0.00462 e. The summed E-state index contributed by atoms with van der Waals surface area (Å²) < 4.78 is 0. The maximum atomic E-state index is 3.49. The van der Waals surface area contributed by atoms with Gasteiger partial charge in [-0.25, -0.2) is 0 Å². The van der Waals surface area contributed by atoms with Gasteiger partial charge in [0.2, 0.25) is 0 Å². The Balaban J connectivity index is 2.04. The maximum Gasteiger partial charge on any atom is -0.00462 e. The van der Waals surface area contributed by atoms with Gasteiger partial charge in [0, 0.05) is 0 Å². The normalized spacial score (nSPS) is 21.8. The molecule has 1 aliphatic heterocycles. The van der Waals surface area contributed by atoms with Crippen molar-refractivity contribution in [3.05, 3.63) is 34.9 Å². The van der Waals surface area contributed by atoms with Crippen molar-refractivity contribution in [1.82, 2.24) is 5.32 Å². The Labute approximate surface area is 99.3 Å². The summed E-state index contributed by atoms with van der Waals surface area (Å²) in [5.74, 6) is 0.885. The first-order valence-electron chi connectivity index (χ1n) is 6.52. The Morgan fingerprint density at radius 2 is 2.06 bits per heavy atom. The Kier molecular flexibility index (Phi) is 4.00. The minimum absolute atomic E-state index is 0.885. The highest BCUT2D eigenvalue weighted by molar-refractivity contribution is 5.30. The van der Waals surface area contributed by atoms with E-state index in [2.05, 4.69) is 37.4 Å². The molecule has 2 rings (SSSR count). The van der Waals surface area contributed by atoms with E-state index in [0.717, 1.165) is 5.92 Å². The molecule has 0 spiro atoms. The van der Waals surface area contributed by atoms with E-state index in [-0.39, 0.29) is 0 Å². The van der Waals surface area contributed by atoms with Crippen LogP contribution in [0.2, 0.25) is 0 Å². The molecular weight excluding hydrogens is 194 g/mol. The van der Waals surface area contributed by atoms with Crippen molar-refractivity contribution in [3.63, 3.8) is 0 Å². The summed E-state index contributed by atoms with van der Waals surface area (Å²) in [5.41, 5.74) is 4.42. The van der Waals surface area contributed by atoms with Crippen LogP contribution in [0.15, 0.2) is 18.2 Å². The molecule has 1 nitrogen and oxygen atoms in total. The summed E-state index contributed by atoms with van der Waals surface area (Å²) in [5, 5.41) is 3.49. The third-order valence-corrected chi connectivity index (χ3v) is 3.71. The van der Waals surface area contributed by atoms with Crippen molar-refractivity contribution in [2.75, 3.05) is 13.1 Å². The Hall–Kier alpha value is -0.820. The fourth-order valence-corrected chi connectivity index (χ4v) is 2.63. The predicted molar refractivity (Wildman–Crippen MR) is 69.8 cm³/mol. The van der Waals surface area contributed by atoms with Crippen LogP contribution in [0.3, 0.4) is 0 Å². The fourth-order valence-electron chi connectivity index (χ4n) is 2.63. The molecule has 1 heterocycles. The average molecular weight is 217 g/mol. The third kappa shape index (κ3) is 3.08. The Morgan fingerprint density at radius 1 is 1.19 bits per heavy atom. The summed E-state index contributed by atoms with van der Waals surface area (Å²) in [6.45, 7) is 6.85. The first-order chi connectivity index (χ1) is 7.75. The van der Waals surface area contributed by atoms with Crippen molar-refractivity contribution in [2.45, 2.75) is 39.5 Å². The van der Waals surface area contributed by atoms with E-state index in [1.807, 2.05) is 0 Å². The van der Waals surface area contributed by atoms with Crippen molar-refractivity contribution in [2.24, 2.45) is 5.92 Å². The Bertz CT molecular complexity index is 335. The molecule has 1 aromatic rings. The molecular formula is C15H23N. The van der Waals surface area contributed by atoms with Crippen molar-refractivity contribution >= 4 is 0 Å². The molecule has 1 heteroatoms. The van der Waals surface area contributed by atoms with E-state index >= 15 is 0 Å². The van der Waals surface area contributed by atoms with Gasteiger partial charge in [-0.3, -0.25) is 0 Å². The zero-order valence-corrected chi connectivity index (χ0v) is 10.6. The second-order valence-corrected chi connectivity index (χ2v) is 5.18. The van der Waals surface area contributed by atoms with Crippen LogP contribution in [0.25, 0.3) is 0 Å². The lowest BCUT2D eigenvalue weighted by molar-refractivity contribution is 0.469. The largest absolute Gasteiger partial charge is 0.317 e. The number of rotatable bonds is 2. The highest BCUT2D eigenvalue weighted by Gasteiger charge is 2.13. The fraction of sp³-hybridized carbons (Fsp3) is 0.600. The van der Waals surface area contributed by atoms with Crippen LogP contribution in [0.5, 0.6) is 0 Å². The summed E-state index contributed by atoms with van der Waals surface area (Å²) in [4.78, 5) is 0. The molecule has 0 amide bonds. The van der Waals surface area contributed by atoms with Crippen molar-refractivity contribution in [3.8, 4) is 0 Å². The zero-order valence-electron chi connectivity index (χ0n) is 10.6. The minimum Gasteiger partial charge on any atom is -0.317 e. The molecule has 1 aromatic carbocycles. The monoisotopic (exact) mass is 217 g/mol. The molecule has 1 saturated heterocycles. The van der Waals surface area contributed by atoms with Gasteiger partial charge in [0.25, 0.3) is 0 Å². The quantitative estimate of drug-likeness (QED) is 0.802. The zero-order chi connectivity index (χ0) is 11.4. The van der Waals surface area contributed by atoms with E-state index in [4.69, 9.17) is 0 Å². The molecule has 0 aromatic heterocycles. The van der Waals surface area contributed by atoms with Gasteiger partial charge in [0.05, 0.1) is 0 Å². The number of nitrogens with one attached hydrogen (secondary N) is 1. The lowest BCUT2D eigenvalue weighted by Gasteiger charge is -2.15. The third-order valence-electron chi connectivity index (χ3n) is 3.71. The van der Waals surface area contributed by atoms with Gasteiger partial charge in [-0.15, -0.1) is 0 Å². The van der Waals surface area contributed by atoms with Crippen LogP contribution >= 0.6 is 0 Å². The second-order valence-electron chi connectivity index (χ2n) is 5.18. The molecule has 1 N–H and O–H groups in total. The van der Waals surface area contributed by atoms with Crippen molar-refractivity contribution < 1.29 is 0 Å².